The van der Waals surface area contributed by atoms with Crippen molar-refractivity contribution >= 4 is 0 Å². The van der Waals surface area contributed by atoms with E-state index < -0.39 is 5.67 Å². The minimum Gasteiger partial charge on any atom is -0.330 e. The van der Waals surface area contributed by atoms with Crippen LogP contribution in [0.5, 0.6) is 0 Å². The molecule has 0 aromatic carbocycles. The molecule has 0 spiro atoms. The second-order valence-corrected chi connectivity index (χ2v) is 3.89. The van der Waals surface area contributed by atoms with Gasteiger partial charge in [0.25, 0.3) is 0 Å². The second kappa shape index (κ2) is 3.53. The van der Waals surface area contributed by atoms with Gasteiger partial charge in [0.15, 0.2) is 0 Å². The molecule has 0 saturated heterocycles. The molecule has 0 aromatic rings. The van der Waals surface area contributed by atoms with Crippen LogP contribution in [0.2, 0.25) is 0 Å². The highest BCUT2D eigenvalue weighted by Crippen LogP contribution is 2.37. The van der Waals surface area contributed by atoms with Gasteiger partial charge in [-0.25, -0.2) is 4.39 Å². The number of halogens is 1. The Labute approximate surface area is 68.2 Å². The van der Waals surface area contributed by atoms with Gasteiger partial charge in [-0.05, 0) is 31.7 Å². The predicted molar refractivity (Wildman–Crippen MR) is 45.1 cm³/mol. The molecule has 66 valence electrons. The topological polar surface area (TPSA) is 26.0 Å². The maximum Gasteiger partial charge on any atom is 0.112 e. The minimum absolute atomic E-state index is 0.489. The molecular formula is C9H18FN. The molecule has 1 nitrogen and oxygen atoms in total. The summed E-state index contributed by atoms with van der Waals surface area (Å²) in [6.07, 6.45) is 4.24. The second-order valence-electron chi connectivity index (χ2n) is 3.89. The molecule has 2 unspecified atom stereocenters. The average molecular weight is 159 g/mol. The van der Waals surface area contributed by atoms with Crippen LogP contribution in [0.4, 0.5) is 4.39 Å². The molecule has 2 heteroatoms. The fraction of sp³-hybridized carbons (Fsp3) is 1.00. The lowest BCUT2D eigenvalue weighted by Gasteiger charge is -2.32. The van der Waals surface area contributed by atoms with Crippen molar-refractivity contribution in [1.29, 1.82) is 0 Å². The molecule has 0 bridgehead atoms. The van der Waals surface area contributed by atoms with E-state index in [-0.39, 0.29) is 0 Å². The number of alkyl halides is 1. The third kappa shape index (κ3) is 2.44. The molecule has 0 amide bonds. The van der Waals surface area contributed by atoms with Crippen LogP contribution in [0.15, 0.2) is 0 Å². The molecule has 1 fully saturated rings. The van der Waals surface area contributed by atoms with E-state index in [9.17, 15) is 4.39 Å². The lowest BCUT2D eigenvalue weighted by atomic mass is 9.78. The maximum absolute atomic E-state index is 13.7. The van der Waals surface area contributed by atoms with E-state index in [0.29, 0.717) is 18.9 Å². The van der Waals surface area contributed by atoms with Crippen molar-refractivity contribution in [3.05, 3.63) is 0 Å². The van der Waals surface area contributed by atoms with Gasteiger partial charge >= 0.3 is 0 Å². The third-order valence-electron chi connectivity index (χ3n) is 2.63. The first-order valence-electron chi connectivity index (χ1n) is 4.55. The van der Waals surface area contributed by atoms with Gasteiger partial charge in [-0.2, -0.15) is 0 Å². The standard InChI is InChI=1S/C9H18FN/c1-8-3-2-4-9(10,7-8)5-6-11/h8H,2-7,11H2,1H3. The summed E-state index contributed by atoms with van der Waals surface area (Å²) in [4.78, 5) is 0. The zero-order valence-electron chi connectivity index (χ0n) is 7.28. The Morgan fingerprint density at radius 1 is 1.64 bits per heavy atom. The Hall–Kier alpha value is -0.110. The molecule has 0 aliphatic heterocycles. The van der Waals surface area contributed by atoms with Gasteiger partial charge in [0.05, 0.1) is 0 Å². The van der Waals surface area contributed by atoms with Gasteiger partial charge < -0.3 is 5.73 Å². The Morgan fingerprint density at radius 2 is 2.36 bits per heavy atom. The van der Waals surface area contributed by atoms with Crippen LogP contribution < -0.4 is 5.73 Å². The number of hydrogen-bond acceptors (Lipinski definition) is 1. The molecule has 1 aliphatic rings. The number of nitrogens with two attached hydrogens (primary N) is 1. The largest absolute Gasteiger partial charge is 0.330 e. The number of hydrogen-bond donors (Lipinski definition) is 1. The van der Waals surface area contributed by atoms with Crippen LogP contribution in [0.3, 0.4) is 0 Å². The van der Waals surface area contributed by atoms with Gasteiger partial charge in [0, 0.05) is 0 Å². The molecule has 0 aromatic heterocycles. The van der Waals surface area contributed by atoms with Crippen molar-refractivity contribution in [2.75, 3.05) is 6.54 Å². The monoisotopic (exact) mass is 159 g/mol. The summed E-state index contributed by atoms with van der Waals surface area (Å²) in [6.45, 7) is 2.62. The summed E-state index contributed by atoms with van der Waals surface area (Å²) in [5.74, 6) is 0.556. The van der Waals surface area contributed by atoms with Crippen molar-refractivity contribution in [3.8, 4) is 0 Å². The molecular weight excluding hydrogens is 141 g/mol. The lowest BCUT2D eigenvalue weighted by molar-refractivity contribution is 0.0735. The molecule has 2 N–H and O–H groups in total. The summed E-state index contributed by atoms with van der Waals surface area (Å²) in [5.41, 5.74) is 4.43. The van der Waals surface area contributed by atoms with Crippen molar-refractivity contribution in [2.24, 2.45) is 11.7 Å². The summed E-state index contributed by atoms with van der Waals surface area (Å²) in [5, 5.41) is 0. The number of rotatable bonds is 2. The Kier molecular flexibility index (Phi) is 2.88. The highest BCUT2D eigenvalue weighted by atomic mass is 19.1. The van der Waals surface area contributed by atoms with Crippen LogP contribution in [0, 0.1) is 5.92 Å². The molecule has 1 aliphatic carbocycles. The van der Waals surface area contributed by atoms with Crippen molar-refractivity contribution in [2.45, 2.75) is 44.7 Å². The van der Waals surface area contributed by atoms with Gasteiger partial charge in [-0.1, -0.05) is 19.8 Å². The van der Waals surface area contributed by atoms with Crippen LogP contribution in [0.25, 0.3) is 0 Å². The molecule has 0 heterocycles. The van der Waals surface area contributed by atoms with Gasteiger partial charge in [-0.15, -0.1) is 0 Å². The molecule has 1 saturated carbocycles. The van der Waals surface area contributed by atoms with E-state index in [1.807, 2.05) is 0 Å². The Morgan fingerprint density at radius 3 is 2.91 bits per heavy atom. The first-order valence-corrected chi connectivity index (χ1v) is 4.55. The summed E-state index contributed by atoms with van der Waals surface area (Å²) >= 11 is 0. The summed E-state index contributed by atoms with van der Waals surface area (Å²) in [7, 11) is 0. The van der Waals surface area contributed by atoms with E-state index in [0.717, 1.165) is 19.3 Å². The Balaban J connectivity index is 2.41. The van der Waals surface area contributed by atoms with E-state index in [4.69, 9.17) is 5.73 Å². The molecule has 1 rings (SSSR count). The van der Waals surface area contributed by atoms with Crippen LogP contribution >= 0.6 is 0 Å². The first-order chi connectivity index (χ1) is 5.16. The highest BCUT2D eigenvalue weighted by Gasteiger charge is 2.33. The van der Waals surface area contributed by atoms with E-state index in [1.54, 1.807) is 0 Å². The van der Waals surface area contributed by atoms with E-state index in [2.05, 4.69) is 6.92 Å². The first kappa shape index (κ1) is 8.98. The van der Waals surface area contributed by atoms with Gasteiger partial charge in [0.2, 0.25) is 0 Å². The molecule has 0 radical (unpaired) electrons. The SMILES string of the molecule is CC1CCCC(F)(CCN)C1. The quantitative estimate of drug-likeness (QED) is 0.657. The zero-order chi connectivity index (χ0) is 8.32. The summed E-state index contributed by atoms with van der Waals surface area (Å²) < 4.78 is 13.7. The smallest absolute Gasteiger partial charge is 0.112 e. The van der Waals surface area contributed by atoms with Crippen LogP contribution in [-0.2, 0) is 0 Å². The fourth-order valence-electron chi connectivity index (χ4n) is 2.08. The zero-order valence-corrected chi connectivity index (χ0v) is 7.28. The van der Waals surface area contributed by atoms with E-state index in [1.165, 1.54) is 6.42 Å². The van der Waals surface area contributed by atoms with E-state index >= 15 is 0 Å². The normalized spacial score (nSPS) is 39.0. The van der Waals surface area contributed by atoms with Gasteiger partial charge in [-0.3, -0.25) is 0 Å². The molecule has 11 heavy (non-hydrogen) atoms. The minimum atomic E-state index is -0.924. The molecule has 2 atom stereocenters. The van der Waals surface area contributed by atoms with Crippen molar-refractivity contribution in [1.82, 2.24) is 0 Å². The maximum atomic E-state index is 13.7. The average Bonchev–Trinajstić information content (AvgIpc) is 1.86. The van der Waals surface area contributed by atoms with Crippen molar-refractivity contribution < 1.29 is 4.39 Å². The fourth-order valence-corrected chi connectivity index (χ4v) is 2.08. The lowest BCUT2D eigenvalue weighted by Crippen LogP contribution is -2.32. The van der Waals surface area contributed by atoms with Crippen LogP contribution in [0.1, 0.15) is 39.0 Å². The highest BCUT2D eigenvalue weighted by molar-refractivity contribution is 4.85. The van der Waals surface area contributed by atoms with Crippen molar-refractivity contribution in [3.63, 3.8) is 0 Å². The third-order valence-corrected chi connectivity index (χ3v) is 2.63. The van der Waals surface area contributed by atoms with Gasteiger partial charge in [0.1, 0.15) is 5.67 Å². The Bertz CT molecular complexity index is 123. The predicted octanol–water partition coefficient (Wildman–Crippen LogP) is 2.25. The summed E-state index contributed by atoms with van der Waals surface area (Å²) in [6, 6.07) is 0. The van der Waals surface area contributed by atoms with Crippen LogP contribution in [-0.4, -0.2) is 12.2 Å².